The molecule has 6 nitrogen and oxygen atoms in total. The summed E-state index contributed by atoms with van der Waals surface area (Å²) in [5.74, 6) is 0.945. The first-order valence-electron chi connectivity index (χ1n) is 8.31. The molecule has 0 radical (unpaired) electrons. The molecule has 2 aromatic rings. The number of rotatable bonds is 3. The van der Waals surface area contributed by atoms with E-state index < -0.39 is 0 Å². The van der Waals surface area contributed by atoms with Crippen LogP contribution in [0.2, 0.25) is 0 Å². The van der Waals surface area contributed by atoms with Crippen LogP contribution in [0, 0.1) is 0 Å². The van der Waals surface area contributed by atoms with E-state index in [4.69, 9.17) is 9.47 Å². The second-order valence-electron chi connectivity index (χ2n) is 6.10. The fourth-order valence-electron chi connectivity index (χ4n) is 3.07. The van der Waals surface area contributed by atoms with Crippen molar-refractivity contribution in [3.05, 3.63) is 53.6 Å². The van der Waals surface area contributed by atoms with E-state index in [1.165, 1.54) is 0 Å². The van der Waals surface area contributed by atoms with Gasteiger partial charge in [-0.2, -0.15) is 0 Å². The van der Waals surface area contributed by atoms with Crippen molar-refractivity contribution < 1.29 is 19.1 Å². The van der Waals surface area contributed by atoms with Gasteiger partial charge in [0.05, 0.1) is 0 Å². The van der Waals surface area contributed by atoms with Crippen molar-refractivity contribution in [2.45, 2.75) is 12.8 Å². The molecule has 2 aliphatic heterocycles. The molecule has 2 amide bonds. The van der Waals surface area contributed by atoms with E-state index in [1.54, 1.807) is 42.5 Å². The van der Waals surface area contributed by atoms with Crippen molar-refractivity contribution in [3.63, 3.8) is 0 Å². The number of benzene rings is 2. The first kappa shape index (κ1) is 15.5. The van der Waals surface area contributed by atoms with Crippen LogP contribution in [0.3, 0.4) is 0 Å². The Labute approximate surface area is 145 Å². The van der Waals surface area contributed by atoms with Gasteiger partial charge in [0.15, 0.2) is 11.5 Å². The zero-order valence-corrected chi connectivity index (χ0v) is 13.7. The summed E-state index contributed by atoms with van der Waals surface area (Å²) in [6.07, 6.45) is 2.10. The predicted octanol–water partition coefficient (Wildman–Crippen LogP) is 2.90. The molecule has 0 unspecified atom stereocenters. The van der Waals surface area contributed by atoms with Crippen molar-refractivity contribution in [2.75, 3.05) is 25.2 Å². The van der Waals surface area contributed by atoms with Gasteiger partial charge < -0.3 is 19.7 Å². The largest absolute Gasteiger partial charge is 0.454 e. The lowest BCUT2D eigenvalue weighted by atomic mass is 10.1. The zero-order valence-electron chi connectivity index (χ0n) is 13.7. The molecule has 2 aliphatic rings. The summed E-state index contributed by atoms with van der Waals surface area (Å²) in [6.45, 7) is 1.76. The van der Waals surface area contributed by atoms with E-state index in [-0.39, 0.29) is 18.6 Å². The number of nitrogens with zero attached hydrogens (tertiary/aromatic N) is 1. The van der Waals surface area contributed by atoms with Gasteiger partial charge in [-0.05, 0) is 49.2 Å². The quantitative estimate of drug-likeness (QED) is 0.934. The summed E-state index contributed by atoms with van der Waals surface area (Å²) < 4.78 is 10.5. The molecule has 0 spiro atoms. The number of anilines is 1. The molecule has 0 aliphatic carbocycles. The number of fused-ring (bicyclic) bond motifs is 1. The molecule has 0 atom stereocenters. The van der Waals surface area contributed by atoms with E-state index in [2.05, 4.69) is 5.32 Å². The zero-order chi connectivity index (χ0) is 17.2. The Balaban J connectivity index is 1.49. The van der Waals surface area contributed by atoms with Crippen molar-refractivity contribution in [1.82, 2.24) is 4.90 Å². The predicted molar refractivity (Wildman–Crippen MR) is 92.1 cm³/mol. The van der Waals surface area contributed by atoms with Gasteiger partial charge in [-0.1, -0.05) is 6.07 Å². The van der Waals surface area contributed by atoms with E-state index in [0.29, 0.717) is 28.3 Å². The van der Waals surface area contributed by atoms with Crippen molar-refractivity contribution in [3.8, 4) is 11.5 Å². The van der Waals surface area contributed by atoms with Crippen molar-refractivity contribution in [1.29, 1.82) is 0 Å². The molecule has 1 fully saturated rings. The number of carbonyl (C=O) groups excluding carboxylic acids is 2. The molecule has 2 heterocycles. The summed E-state index contributed by atoms with van der Waals surface area (Å²) in [7, 11) is 0. The third kappa shape index (κ3) is 3.15. The monoisotopic (exact) mass is 338 g/mol. The molecule has 1 N–H and O–H groups in total. The van der Waals surface area contributed by atoms with Gasteiger partial charge in [-0.25, -0.2) is 0 Å². The molecular formula is C19H18N2O4. The Hall–Kier alpha value is -3.02. The molecule has 6 heteroatoms. The molecule has 4 rings (SSSR count). The number of ether oxygens (including phenoxy) is 2. The van der Waals surface area contributed by atoms with Crippen molar-refractivity contribution in [2.24, 2.45) is 0 Å². The number of hydrogen-bond acceptors (Lipinski definition) is 4. The minimum Gasteiger partial charge on any atom is -0.454 e. The van der Waals surface area contributed by atoms with Gasteiger partial charge in [-0.3, -0.25) is 9.59 Å². The smallest absolute Gasteiger partial charge is 0.255 e. The standard InChI is InChI=1S/C19H18N2O4/c22-18(13-6-7-16-17(11-13)25-12-24-16)20-15-5-3-4-14(10-15)19(23)21-8-1-2-9-21/h3-7,10-11H,1-2,8-9,12H2,(H,20,22). The van der Waals surface area contributed by atoms with Gasteiger partial charge in [0.1, 0.15) is 0 Å². The normalized spacial score (nSPS) is 15.3. The van der Waals surface area contributed by atoms with E-state index in [9.17, 15) is 9.59 Å². The molecule has 0 saturated carbocycles. The maximum Gasteiger partial charge on any atom is 0.255 e. The number of likely N-dealkylation sites (tertiary alicyclic amines) is 1. The van der Waals surface area contributed by atoms with Gasteiger partial charge in [0.2, 0.25) is 6.79 Å². The van der Waals surface area contributed by atoms with Crippen LogP contribution in [0.25, 0.3) is 0 Å². The van der Waals surface area contributed by atoms with Crippen LogP contribution in [-0.4, -0.2) is 36.6 Å². The SMILES string of the molecule is O=C(Nc1cccc(C(=O)N2CCCC2)c1)c1ccc2c(c1)OCO2. The highest BCUT2D eigenvalue weighted by Crippen LogP contribution is 2.32. The van der Waals surface area contributed by atoms with Crippen LogP contribution in [0.4, 0.5) is 5.69 Å². The number of carbonyl (C=O) groups is 2. The maximum absolute atomic E-state index is 12.5. The molecule has 2 aromatic carbocycles. The minimum atomic E-state index is -0.260. The van der Waals surface area contributed by atoms with E-state index in [0.717, 1.165) is 25.9 Å². The first-order valence-corrected chi connectivity index (χ1v) is 8.31. The van der Waals surface area contributed by atoms with Crippen LogP contribution in [0.1, 0.15) is 33.6 Å². The molecule has 25 heavy (non-hydrogen) atoms. The van der Waals surface area contributed by atoms with Gasteiger partial charge in [0.25, 0.3) is 11.8 Å². The topological polar surface area (TPSA) is 67.9 Å². The Morgan fingerprint density at radius 3 is 2.56 bits per heavy atom. The highest BCUT2D eigenvalue weighted by atomic mass is 16.7. The van der Waals surface area contributed by atoms with Gasteiger partial charge in [0, 0.05) is 29.9 Å². The average molecular weight is 338 g/mol. The Morgan fingerprint density at radius 1 is 0.920 bits per heavy atom. The van der Waals surface area contributed by atoms with Crippen LogP contribution in [0.15, 0.2) is 42.5 Å². The lowest BCUT2D eigenvalue weighted by Crippen LogP contribution is -2.27. The number of nitrogens with one attached hydrogen (secondary N) is 1. The number of amides is 2. The highest BCUT2D eigenvalue weighted by molar-refractivity contribution is 6.05. The summed E-state index contributed by atoms with van der Waals surface area (Å²) in [5, 5.41) is 2.83. The van der Waals surface area contributed by atoms with E-state index >= 15 is 0 Å². The minimum absolute atomic E-state index is 0.0108. The molecular weight excluding hydrogens is 320 g/mol. The Kier molecular flexibility index (Phi) is 4.01. The van der Waals surface area contributed by atoms with Crippen molar-refractivity contribution >= 4 is 17.5 Å². The first-order chi connectivity index (χ1) is 12.2. The van der Waals surface area contributed by atoms with E-state index in [1.807, 2.05) is 4.90 Å². The lowest BCUT2D eigenvalue weighted by molar-refractivity contribution is 0.0792. The van der Waals surface area contributed by atoms with Crippen LogP contribution in [-0.2, 0) is 0 Å². The van der Waals surface area contributed by atoms with Crippen LogP contribution in [0.5, 0.6) is 11.5 Å². The summed E-state index contributed by atoms with van der Waals surface area (Å²) in [4.78, 5) is 26.8. The number of hydrogen-bond donors (Lipinski definition) is 1. The van der Waals surface area contributed by atoms with Gasteiger partial charge in [-0.15, -0.1) is 0 Å². The summed E-state index contributed by atoms with van der Waals surface area (Å²) >= 11 is 0. The lowest BCUT2D eigenvalue weighted by Gasteiger charge is -2.15. The molecule has 0 aromatic heterocycles. The molecule has 0 bridgehead atoms. The second kappa shape index (κ2) is 6.47. The summed E-state index contributed by atoms with van der Waals surface area (Å²) in [5.41, 5.74) is 1.65. The fourth-order valence-corrected chi connectivity index (χ4v) is 3.07. The third-order valence-electron chi connectivity index (χ3n) is 4.40. The molecule has 1 saturated heterocycles. The second-order valence-corrected chi connectivity index (χ2v) is 6.10. The van der Waals surface area contributed by atoms with Crippen LogP contribution < -0.4 is 14.8 Å². The maximum atomic E-state index is 12.5. The average Bonchev–Trinajstić information content (AvgIpc) is 3.32. The van der Waals surface area contributed by atoms with Crippen LogP contribution >= 0.6 is 0 Å². The molecule has 128 valence electrons. The highest BCUT2D eigenvalue weighted by Gasteiger charge is 2.20. The fraction of sp³-hybridized carbons (Fsp3) is 0.263. The van der Waals surface area contributed by atoms with Gasteiger partial charge >= 0.3 is 0 Å². The Bertz CT molecular complexity index is 828. The summed E-state index contributed by atoms with van der Waals surface area (Å²) in [6, 6.07) is 12.1. The third-order valence-corrected chi connectivity index (χ3v) is 4.40. The Morgan fingerprint density at radius 2 is 1.72 bits per heavy atom.